The van der Waals surface area contributed by atoms with Crippen molar-refractivity contribution < 1.29 is 24.5 Å². The fraction of sp³-hybridized carbons (Fsp3) is 0.882. The van der Waals surface area contributed by atoms with Crippen molar-refractivity contribution in [3.05, 3.63) is 24.3 Å². The van der Waals surface area contributed by atoms with Crippen molar-refractivity contribution in [3.8, 4) is 0 Å². The molecular weight excluding hydrogens is 707 g/mol. The summed E-state index contributed by atoms with van der Waals surface area (Å²) in [6.07, 6.45) is 51.1. The largest absolute Gasteiger partial charge is 0.462 e. The number of aliphatic hydroxyl groups excluding tert-OH is 2. The van der Waals surface area contributed by atoms with E-state index < -0.39 is 18.2 Å². The van der Waals surface area contributed by atoms with E-state index in [1.807, 2.05) is 0 Å². The molecule has 0 aliphatic heterocycles. The number of nitrogens with one attached hydrogen (secondary N) is 1. The van der Waals surface area contributed by atoms with Crippen LogP contribution < -0.4 is 5.32 Å². The number of carbonyl (C=O) groups excluding carboxylic acids is 2. The number of ether oxygens (including phenoxy) is 1. The Morgan fingerprint density at radius 1 is 0.491 bits per heavy atom. The molecular formula is C51H97NO5. The van der Waals surface area contributed by atoms with Crippen molar-refractivity contribution in [1.29, 1.82) is 0 Å². The zero-order valence-electron chi connectivity index (χ0n) is 38.2. The van der Waals surface area contributed by atoms with Crippen LogP contribution in [0.2, 0.25) is 0 Å². The lowest BCUT2D eigenvalue weighted by Gasteiger charge is -2.24. The minimum atomic E-state index is -0.789. The molecule has 0 heterocycles. The second kappa shape index (κ2) is 45.4. The van der Waals surface area contributed by atoms with Gasteiger partial charge in [0, 0.05) is 6.42 Å². The van der Waals surface area contributed by atoms with E-state index in [2.05, 4.69) is 50.4 Å². The van der Waals surface area contributed by atoms with Crippen LogP contribution in [0.15, 0.2) is 24.3 Å². The van der Waals surface area contributed by atoms with Crippen LogP contribution in [0.1, 0.15) is 265 Å². The molecule has 3 unspecified atom stereocenters. The van der Waals surface area contributed by atoms with E-state index in [0.29, 0.717) is 19.3 Å². The van der Waals surface area contributed by atoms with Crippen molar-refractivity contribution in [3.63, 3.8) is 0 Å². The summed E-state index contributed by atoms with van der Waals surface area (Å²) < 4.78 is 5.88. The van der Waals surface area contributed by atoms with Gasteiger partial charge >= 0.3 is 5.97 Å². The molecule has 0 radical (unpaired) electrons. The number of unbranched alkanes of at least 4 members (excludes halogenated alkanes) is 29. The van der Waals surface area contributed by atoms with Gasteiger partial charge in [0.05, 0.1) is 25.2 Å². The summed E-state index contributed by atoms with van der Waals surface area (Å²) in [6, 6.07) is -0.704. The molecule has 3 N–H and O–H groups in total. The Kier molecular flexibility index (Phi) is 44.1. The predicted octanol–water partition coefficient (Wildman–Crippen LogP) is 14.7. The average molecular weight is 804 g/mol. The lowest BCUT2D eigenvalue weighted by atomic mass is 10.0. The van der Waals surface area contributed by atoms with Gasteiger partial charge in [0.15, 0.2) is 0 Å². The molecule has 0 saturated heterocycles. The van der Waals surface area contributed by atoms with Crippen LogP contribution in [-0.2, 0) is 14.3 Å². The minimum absolute atomic E-state index is 0.0634. The first-order valence-electron chi connectivity index (χ1n) is 25.1. The monoisotopic (exact) mass is 804 g/mol. The summed E-state index contributed by atoms with van der Waals surface area (Å²) in [5, 5.41) is 23.7. The Hall–Kier alpha value is -1.66. The van der Waals surface area contributed by atoms with Gasteiger partial charge in [0.2, 0.25) is 5.91 Å². The van der Waals surface area contributed by atoms with Crippen LogP contribution in [0.4, 0.5) is 0 Å². The summed E-state index contributed by atoms with van der Waals surface area (Å²) in [4.78, 5) is 26.0. The standard InChI is InChI=1S/C51H97NO5/c1-4-7-10-13-16-19-21-23-24-25-26-28-29-31-34-37-40-43-49(54)48(46-53)52-50(55)45-47(42-39-36-33-18-15-12-9-6-3)57-51(56)44-41-38-35-32-30-27-22-20-17-14-11-8-5-2/h12,15,27,30,47-49,53-54H,4-11,13-14,16-26,28-29,31-46H2,1-3H3,(H,52,55)/b15-12-,30-27-. The topological polar surface area (TPSA) is 95.9 Å². The second-order valence-electron chi connectivity index (χ2n) is 17.2. The fourth-order valence-electron chi connectivity index (χ4n) is 7.66. The number of esters is 1. The molecule has 57 heavy (non-hydrogen) atoms. The van der Waals surface area contributed by atoms with Gasteiger partial charge in [-0.3, -0.25) is 9.59 Å². The van der Waals surface area contributed by atoms with Crippen LogP contribution >= 0.6 is 0 Å². The Balaban J connectivity index is 4.39. The molecule has 0 aromatic carbocycles. The summed E-state index contributed by atoms with van der Waals surface area (Å²) in [6.45, 7) is 6.41. The number of carbonyl (C=O) groups is 2. The highest BCUT2D eigenvalue weighted by atomic mass is 16.5. The lowest BCUT2D eigenvalue weighted by Crippen LogP contribution is -2.46. The highest BCUT2D eigenvalue weighted by Crippen LogP contribution is 2.18. The maximum absolute atomic E-state index is 13.1. The van der Waals surface area contributed by atoms with E-state index in [4.69, 9.17) is 4.74 Å². The molecule has 0 bridgehead atoms. The molecule has 0 rings (SSSR count). The first kappa shape index (κ1) is 55.3. The van der Waals surface area contributed by atoms with Crippen LogP contribution in [-0.4, -0.2) is 46.9 Å². The maximum atomic E-state index is 13.1. The van der Waals surface area contributed by atoms with Gasteiger partial charge in [-0.2, -0.15) is 0 Å². The van der Waals surface area contributed by atoms with Gasteiger partial charge < -0.3 is 20.3 Å². The van der Waals surface area contributed by atoms with Crippen LogP contribution in [0.3, 0.4) is 0 Å². The van der Waals surface area contributed by atoms with E-state index in [-0.39, 0.29) is 24.9 Å². The third-order valence-electron chi connectivity index (χ3n) is 11.5. The summed E-state index contributed by atoms with van der Waals surface area (Å²) in [7, 11) is 0. The molecule has 0 aliphatic carbocycles. The molecule has 0 aromatic heterocycles. The second-order valence-corrected chi connectivity index (χ2v) is 17.2. The Morgan fingerprint density at radius 3 is 1.33 bits per heavy atom. The molecule has 336 valence electrons. The number of hydrogen-bond acceptors (Lipinski definition) is 5. The van der Waals surface area contributed by atoms with E-state index in [1.165, 1.54) is 141 Å². The summed E-state index contributed by atoms with van der Waals surface area (Å²) in [5.41, 5.74) is 0. The van der Waals surface area contributed by atoms with E-state index in [1.54, 1.807) is 0 Å². The zero-order valence-corrected chi connectivity index (χ0v) is 38.2. The smallest absolute Gasteiger partial charge is 0.306 e. The van der Waals surface area contributed by atoms with Crippen molar-refractivity contribution in [1.82, 2.24) is 5.32 Å². The van der Waals surface area contributed by atoms with Gasteiger partial charge in [0.25, 0.3) is 0 Å². The Labute approximate surface area is 354 Å². The van der Waals surface area contributed by atoms with Crippen molar-refractivity contribution in [2.45, 2.75) is 283 Å². The third-order valence-corrected chi connectivity index (χ3v) is 11.5. The van der Waals surface area contributed by atoms with Crippen molar-refractivity contribution in [2.75, 3.05) is 6.61 Å². The lowest BCUT2D eigenvalue weighted by molar-refractivity contribution is -0.151. The predicted molar refractivity (Wildman–Crippen MR) is 246 cm³/mol. The number of aliphatic hydroxyl groups is 2. The Morgan fingerprint density at radius 2 is 0.877 bits per heavy atom. The van der Waals surface area contributed by atoms with Crippen molar-refractivity contribution >= 4 is 11.9 Å². The zero-order chi connectivity index (χ0) is 41.7. The molecule has 6 nitrogen and oxygen atoms in total. The summed E-state index contributed by atoms with van der Waals surface area (Å²) in [5.74, 6) is -0.505. The van der Waals surface area contributed by atoms with Crippen LogP contribution in [0, 0.1) is 0 Å². The van der Waals surface area contributed by atoms with Gasteiger partial charge in [-0.15, -0.1) is 0 Å². The van der Waals surface area contributed by atoms with Gasteiger partial charge in [-0.25, -0.2) is 0 Å². The summed E-state index contributed by atoms with van der Waals surface area (Å²) >= 11 is 0. The molecule has 0 aliphatic rings. The molecule has 3 atom stereocenters. The van der Waals surface area contributed by atoms with E-state index >= 15 is 0 Å². The number of rotatable bonds is 45. The number of allylic oxidation sites excluding steroid dienone is 4. The SMILES string of the molecule is CCC/C=C\CCCCCC(CC(=O)NC(CO)C(O)CCCCCCCCCCCCCCCCCCC)OC(=O)CCCCC/C=C\CCCCCCCC. The van der Waals surface area contributed by atoms with E-state index in [9.17, 15) is 19.8 Å². The number of amides is 1. The van der Waals surface area contributed by atoms with E-state index in [0.717, 1.165) is 77.0 Å². The molecule has 6 heteroatoms. The maximum Gasteiger partial charge on any atom is 0.306 e. The average Bonchev–Trinajstić information content (AvgIpc) is 3.20. The van der Waals surface area contributed by atoms with Gasteiger partial charge in [-0.1, -0.05) is 206 Å². The van der Waals surface area contributed by atoms with Crippen LogP contribution in [0.25, 0.3) is 0 Å². The molecule has 0 fully saturated rings. The molecule has 0 spiro atoms. The number of hydrogen-bond donors (Lipinski definition) is 3. The van der Waals surface area contributed by atoms with Crippen molar-refractivity contribution in [2.24, 2.45) is 0 Å². The highest BCUT2D eigenvalue weighted by Gasteiger charge is 2.24. The molecule has 0 saturated carbocycles. The van der Waals surface area contributed by atoms with Gasteiger partial charge in [-0.05, 0) is 70.6 Å². The van der Waals surface area contributed by atoms with Gasteiger partial charge in [0.1, 0.15) is 6.10 Å². The first-order valence-corrected chi connectivity index (χ1v) is 25.1. The minimum Gasteiger partial charge on any atom is -0.462 e. The highest BCUT2D eigenvalue weighted by molar-refractivity contribution is 5.77. The van der Waals surface area contributed by atoms with Crippen LogP contribution in [0.5, 0.6) is 0 Å². The normalized spacial score (nSPS) is 13.4. The fourth-order valence-corrected chi connectivity index (χ4v) is 7.66. The first-order chi connectivity index (χ1) is 28.0. The Bertz CT molecular complexity index is 904. The molecule has 0 aromatic rings. The quantitative estimate of drug-likeness (QED) is 0.0324. The molecule has 1 amide bonds. The third kappa shape index (κ3) is 40.9.